The Morgan fingerprint density at radius 2 is 1.58 bits per heavy atom. The van der Waals surface area contributed by atoms with Crippen molar-refractivity contribution < 1.29 is 23.9 Å². The molecule has 3 amide bonds. The zero-order chi connectivity index (χ0) is 22.8. The maximum Gasteiger partial charge on any atom is 0.267 e. The highest BCUT2D eigenvalue weighted by molar-refractivity contribution is 5.94. The van der Waals surface area contributed by atoms with Crippen LogP contribution in [0.15, 0.2) is 48.5 Å². The van der Waals surface area contributed by atoms with Gasteiger partial charge in [-0.15, -0.1) is 0 Å². The normalized spacial score (nSPS) is 20.2. The number of para-hydroxylation sites is 2. The van der Waals surface area contributed by atoms with Crippen molar-refractivity contribution in [3.63, 3.8) is 0 Å². The summed E-state index contributed by atoms with van der Waals surface area (Å²) in [6.45, 7) is 3.43. The first-order chi connectivity index (χ1) is 16.1. The number of piperazine rings is 1. The first-order valence-electron chi connectivity index (χ1n) is 11.4. The van der Waals surface area contributed by atoms with E-state index in [0.717, 1.165) is 18.5 Å². The lowest BCUT2D eigenvalue weighted by atomic mass is 10.1. The number of ether oxygens (including phenoxy) is 2. The van der Waals surface area contributed by atoms with Crippen LogP contribution in [0.25, 0.3) is 0 Å². The second-order valence-corrected chi connectivity index (χ2v) is 8.60. The van der Waals surface area contributed by atoms with Gasteiger partial charge >= 0.3 is 0 Å². The number of likely N-dealkylation sites (tertiary alicyclic amines) is 1. The maximum absolute atomic E-state index is 12.9. The van der Waals surface area contributed by atoms with Crippen LogP contribution in [0, 0.1) is 0 Å². The predicted molar refractivity (Wildman–Crippen MR) is 120 cm³/mol. The fourth-order valence-corrected chi connectivity index (χ4v) is 4.50. The fourth-order valence-electron chi connectivity index (χ4n) is 4.50. The second kappa shape index (κ2) is 9.13. The molecule has 2 aromatic carbocycles. The van der Waals surface area contributed by atoms with Gasteiger partial charge in [0.15, 0.2) is 11.5 Å². The van der Waals surface area contributed by atoms with E-state index in [0.29, 0.717) is 56.2 Å². The first kappa shape index (κ1) is 21.3. The van der Waals surface area contributed by atoms with Crippen LogP contribution in [-0.2, 0) is 16.1 Å². The summed E-state index contributed by atoms with van der Waals surface area (Å²) < 4.78 is 11.5. The monoisotopic (exact) mass is 449 g/mol. The average Bonchev–Trinajstić information content (AvgIpc) is 3.27. The zero-order valence-corrected chi connectivity index (χ0v) is 18.4. The summed E-state index contributed by atoms with van der Waals surface area (Å²) in [5.74, 6) is 1.26. The maximum atomic E-state index is 12.9. The lowest BCUT2D eigenvalue weighted by Crippen LogP contribution is -2.55. The Kier molecular flexibility index (Phi) is 5.90. The minimum Gasteiger partial charge on any atom is -0.485 e. The number of benzene rings is 2. The highest BCUT2D eigenvalue weighted by atomic mass is 16.6. The Hall–Kier alpha value is -3.55. The van der Waals surface area contributed by atoms with Crippen molar-refractivity contribution in [2.75, 3.05) is 39.3 Å². The third kappa shape index (κ3) is 4.51. The number of amides is 3. The largest absolute Gasteiger partial charge is 0.485 e. The summed E-state index contributed by atoms with van der Waals surface area (Å²) in [6, 6.07) is 14.8. The minimum atomic E-state index is -0.669. The van der Waals surface area contributed by atoms with Crippen molar-refractivity contribution in [2.45, 2.75) is 25.5 Å². The molecule has 1 atom stereocenters. The molecule has 33 heavy (non-hydrogen) atoms. The lowest BCUT2D eigenvalue weighted by Gasteiger charge is -2.37. The molecule has 3 heterocycles. The fraction of sp³-hybridized carbons (Fsp3) is 0.400. The van der Waals surface area contributed by atoms with Crippen LogP contribution in [0.4, 0.5) is 0 Å². The molecule has 0 unspecified atom stereocenters. The lowest BCUT2D eigenvalue weighted by molar-refractivity contribution is -0.142. The van der Waals surface area contributed by atoms with Crippen LogP contribution >= 0.6 is 0 Å². The molecule has 0 aliphatic carbocycles. The molecule has 2 fully saturated rings. The summed E-state index contributed by atoms with van der Waals surface area (Å²) in [5.41, 5.74) is 1.64. The van der Waals surface area contributed by atoms with E-state index in [9.17, 15) is 14.4 Å². The van der Waals surface area contributed by atoms with E-state index >= 15 is 0 Å². The molecule has 2 aromatic rings. The number of rotatable bonds is 4. The van der Waals surface area contributed by atoms with E-state index in [1.165, 1.54) is 0 Å². The highest BCUT2D eigenvalue weighted by Crippen LogP contribution is 2.31. The number of hydrogen-bond acceptors (Lipinski definition) is 5. The molecule has 0 N–H and O–H groups in total. The Morgan fingerprint density at radius 3 is 2.27 bits per heavy atom. The predicted octanol–water partition coefficient (Wildman–Crippen LogP) is 1.93. The van der Waals surface area contributed by atoms with Crippen molar-refractivity contribution in [3.8, 4) is 11.5 Å². The standard InChI is InChI=1S/C25H27N3O5/c29-23-6-3-11-28(23)16-18-7-9-19(10-8-18)24(30)26-12-14-27(15-13-26)25(31)22-17-32-20-4-1-2-5-21(20)33-22/h1-2,4-5,7-10,22H,3,6,11-17H2/t22-/m0/s1. The van der Waals surface area contributed by atoms with Gasteiger partial charge in [-0.3, -0.25) is 14.4 Å². The summed E-state index contributed by atoms with van der Waals surface area (Å²) in [7, 11) is 0. The quantitative estimate of drug-likeness (QED) is 0.713. The Morgan fingerprint density at radius 1 is 0.879 bits per heavy atom. The van der Waals surface area contributed by atoms with Gasteiger partial charge in [-0.25, -0.2) is 0 Å². The Labute approximate surface area is 192 Å². The van der Waals surface area contributed by atoms with Gasteiger partial charge in [-0.2, -0.15) is 0 Å². The number of fused-ring (bicyclic) bond motifs is 1. The molecular weight excluding hydrogens is 422 g/mol. The van der Waals surface area contributed by atoms with Gasteiger partial charge in [0, 0.05) is 51.3 Å². The number of nitrogens with zero attached hydrogens (tertiary/aromatic N) is 3. The molecule has 0 bridgehead atoms. The summed E-state index contributed by atoms with van der Waals surface area (Å²) >= 11 is 0. The van der Waals surface area contributed by atoms with Crippen molar-refractivity contribution in [1.82, 2.24) is 14.7 Å². The van der Waals surface area contributed by atoms with E-state index in [2.05, 4.69) is 0 Å². The van der Waals surface area contributed by atoms with Gasteiger partial charge in [0.2, 0.25) is 12.0 Å². The number of carbonyl (C=O) groups excluding carboxylic acids is 3. The number of hydrogen-bond donors (Lipinski definition) is 0. The summed E-state index contributed by atoms with van der Waals surface area (Å²) in [5, 5.41) is 0. The molecule has 3 aliphatic heterocycles. The van der Waals surface area contributed by atoms with Crippen LogP contribution < -0.4 is 9.47 Å². The van der Waals surface area contributed by atoms with Gasteiger partial charge in [-0.05, 0) is 36.2 Å². The van der Waals surface area contributed by atoms with Crippen LogP contribution in [0.2, 0.25) is 0 Å². The van der Waals surface area contributed by atoms with Gasteiger partial charge in [0.25, 0.3) is 11.8 Å². The van der Waals surface area contributed by atoms with Crippen LogP contribution in [0.5, 0.6) is 11.5 Å². The second-order valence-electron chi connectivity index (χ2n) is 8.60. The third-order valence-corrected chi connectivity index (χ3v) is 6.41. The van der Waals surface area contributed by atoms with E-state index in [1.54, 1.807) is 15.9 Å². The molecule has 0 spiro atoms. The topological polar surface area (TPSA) is 79.4 Å². The molecule has 8 heteroatoms. The van der Waals surface area contributed by atoms with Crippen LogP contribution in [-0.4, -0.2) is 77.9 Å². The first-order valence-corrected chi connectivity index (χ1v) is 11.4. The van der Waals surface area contributed by atoms with Crippen molar-refractivity contribution in [2.24, 2.45) is 0 Å². The SMILES string of the molecule is O=C1CCCN1Cc1ccc(C(=O)N2CCN(C(=O)[C@@H]3COc4ccccc4O3)CC2)cc1. The molecule has 2 saturated heterocycles. The van der Waals surface area contributed by atoms with E-state index in [4.69, 9.17) is 9.47 Å². The molecule has 5 rings (SSSR count). The van der Waals surface area contributed by atoms with E-state index < -0.39 is 6.10 Å². The molecule has 0 aromatic heterocycles. The van der Waals surface area contributed by atoms with Crippen molar-refractivity contribution in [1.29, 1.82) is 0 Å². The Balaban J connectivity index is 1.13. The smallest absolute Gasteiger partial charge is 0.267 e. The minimum absolute atomic E-state index is 0.0444. The van der Waals surface area contributed by atoms with Gasteiger partial charge in [0.05, 0.1) is 0 Å². The van der Waals surface area contributed by atoms with Crippen LogP contribution in [0.1, 0.15) is 28.8 Å². The Bertz CT molecular complexity index is 1050. The molecule has 0 radical (unpaired) electrons. The molecule has 3 aliphatic rings. The average molecular weight is 450 g/mol. The van der Waals surface area contributed by atoms with Crippen LogP contribution in [0.3, 0.4) is 0 Å². The molecular formula is C25H27N3O5. The third-order valence-electron chi connectivity index (χ3n) is 6.41. The molecule has 0 saturated carbocycles. The van der Waals surface area contributed by atoms with E-state index in [-0.39, 0.29) is 24.3 Å². The molecule has 8 nitrogen and oxygen atoms in total. The van der Waals surface area contributed by atoms with Gasteiger partial charge in [0.1, 0.15) is 6.61 Å². The number of carbonyl (C=O) groups is 3. The zero-order valence-electron chi connectivity index (χ0n) is 18.4. The van der Waals surface area contributed by atoms with E-state index in [1.807, 2.05) is 47.4 Å². The highest BCUT2D eigenvalue weighted by Gasteiger charge is 2.33. The van der Waals surface area contributed by atoms with Gasteiger partial charge in [-0.1, -0.05) is 24.3 Å². The summed E-state index contributed by atoms with van der Waals surface area (Å²) in [6.07, 6.45) is 0.868. The molecule has 172 valence electrons. The summed E-state index contributed by atoms with van der Waals surface area (Å²) in [4.78, 5) is 43.0. The van der Waals surface area contributed by atoms with Crippen molar-refractivity contribution in [3.05, 3.63) is 59.7 Å². The van der Waals surface area contributed by atoms with Crippen molar-refractivity contribution >= 4 is 17.7 Å². The van der Waals surface area contributed by atoms with Gasteiger partial charge < -0.3 is 24.2 Å².